The van der Waals surface area contributed by atoms with Gasteiger partial charge in [0.2, 0.25) is 0 Å². The molecule has 0 saturated carbocycles. The zero-order valence-electron chi connectivity index (χ0n) is 14.2. The summed E-state index contributed by atoms with van der Waals surface area (Å²) in [6.45, 7) is 2.61. The second kappa shape index (κ2) is 8.54. The van der Waals surface area contributed by atoms with Crippen molar-refractivity contribution in [1.82, 2.24) is 9.78 Å². The molecule has 134 valence electrons. The minimum absolute atomic E-state index is 0.485. The SMILES string of the molecule is CCc1ccc(NC(=S)Nc2cnn(Cc3c(Cl)cccc3Cl)c2)cc1. The first-order valence-electron chi connectivity index (χ1n) is 8.17. The fraction of sp³-hybridized carbons (Fsp3) is 0.158. The molecule has 0 atom stereocenters. The smallest absolute Gasteiger partial charge is 0.175 e. The molecule has 2 aromatic carbocycles. The quantitative estimate of drug-likeness (QED) is 0.542. The number of anilines is 2. The minimum Gasteiger partial charge on any atom is -0.332 e. The van der Waals surface area contributed by atoms with Crippen molar-refractivity contribution < 1.29 is 0 Å². The average molecular weight is 405 g/mol. The molecule has 0 bridgehead atoms. The highest BCUT2D eigenvalue weighted by molar-refractivity contribution is 7.80. The molecule has 0 amide bonds. The van der Waals surface area contributed by atoms with Crippen molar-refractivity contribution in [3.05, 3.63) is 76.0 Å². The fourth-order valence-electron chi connectivity index (χ4n) is 2.48. The van der Waals surface area contributed by atoms with Crippen molar-refractivity contribution >= 4 is 51.9 Å². The summed E-state index contributed by atoms with van der Waals surface area (Å²) in [6, 6.07) is 13.6. The van der Waals surface area contributed by atoms with Crippen LogP contribution in [-0.4, -0.2) is 14.9 Å². The standard InChI is InChI=1S/C19H18Cl2N4S/c1-2-13-6-8-14(9-7-13)23-19(26)24-15-10-22-25(11-15)12-16-17(20)4-3-5-18(16)21/h3-11H,2,12H2,1H3,(H2,23,24,26). The number of hydrogen-bond donors (Lipinski definition) is 2. The molecule has 0 fully saturated rings. The first-order chi connectivity index (χ1) is 12.5. The molecule has 0 aliphatic heterocycles. The second-order valence-electron chi connectivity index (χ2n) is 5.76. The molecule has 26 heavy (non-hydrogen) atoms. The van der Waals surface area contributed by atoms with Gasteiger partial charge in [-0.05, 0) is 48.5 Å². The van der Waals surface area contributed by atoms with Crippen LogP contribution in [0.3, 0.4) is 0 Å². The van der Waals surface area contributed by atoms with Gasteiger partial charge in [-0.1, -0.05) is 48.3 Å². The maximum atomic E-state index is 6.21. The monoisotopic (exact) mass is 404 g/mol. The molecule has 0 spiro atoms. The summed E-state index contributed by atoms with van der Waals surface area (Å²) in [5.74, 6) is 0. The van der Waals surface area contributed by atoms with Crippen molar-refractivity contribution in [3.8, 4) is 0 Å². The Morgan fingerprint density at radius 1 is 1.04 bits per heavy atom. The predicted octanol–water partition coefficient (Wildman–Crippen LogP) is 5.61. The van der Waals surface area contributed by atoms with E-state index in [1.807, 2.05) is 36.5 Å². The number of hydrogen-bond acceptors (Lipinski definition) is 2. The minimum atomic E-state index is 0.485. The zero-order chi connectivity index (χ0) is 18.5. The first-order valence-corrected chi connectivity index (χ1v) is 9.34. The van der Waals surface area contributed by atoms with Gasteiger partial charge < -0.3 is 10.6 Å². The molecule has 0 unspecified atom stereocenters. The van der Waals surface area contributed by atoms with Crippen LogP contribution < -0.4 is 10.6 Å². The zero-order valence-corrected chi connectivity index (χ0v) is 16.5. The van der Waals surface area contributed by atoms with Crippen LogP contribution in [-0.2, 0) is 13.0 Å². The van der Waals surface area contributed by atoms with Crippen LogP contribution in [0, 0.1) is 0 Å². The lowest BCUT2D eigenvalue weighted by atomic mass is 10.1. The third-order valence-corrected chi connectivity index (χ3v) is 4.81. The Labute approximate surface area is 168 Å². The summed E-state index contributed by atoms with van der Waals surface area (Å²) in [4.78, 5) is 0. The summed E-state index contributed by atoms with van der Waals surface area (Å²) >= 11 is 17.8. The number of thiocarbonyl (C=S) groups is 1. The van der Waals surface area contributed by atoms with Crippen LogP contribution in [0.4, 0.5) is 11.4 Å². The largest absolute Gasteiger partial charge is 0.332 e. The highest BCUT2D eigenvalue weighted by atomic mass is 35.5. The van der Waals surface area contributed by atoms with Crippen molar-refractivity contribution in [1.29, 1.82) is 0 Å². The van der Waals surface area contributed by atoms with E-state index >= 15 is 0 Å². The topological polar surface area (TPSA) is 41.9 Å². The molecular formula is C19H18Cl2N4S. The normalized spacial score (nSPS) is 10.6. The van der Waals surface area contributed by atoms with Crippen molar-refractivity contribution in [2.24, 2.45) is 0 Å². The van der Waals surface area contributed by atoms with Crippen LogP contribution in [0.2, 0.25) is 10.0 Å². The molecule has 2 N–H and O–H groups in total. The van der Waals surface area contributed by atoms with Crippen molar-refractivity contribution in [3.63, 3.8) is 0 Å². The number of benzene rings is 2. The Kier molecular flexibility index (Phi) is 6.14. The Morgan fingerprint density at radius 2 is 1.69 bits per heavy atom. The van der Waals surface area contributed by atoms with E-state index in [-0.39, 0.29) is 0 Å². The molecule has 0 aliphatic carbocycles. The molecule has 4 nitrogen and oxygen atoms in total. The number of nitrogens with one attached hydrogen (secondary N) is 2. The summed E-state index contributed by atoms with van der Waals surface area (Å²) in [5, 5.41) is 12.4. The molecule has 0 radical (unpaired) electrons. The number of nitrogens with zero attached hydrogens (tertiary/aromatic N) is 2. The van der Waals surface area contributed by atoms with E-state index in [1.54, 1.807) is 10.9 Å². The number of aromatic nitrogens is 2. The van der Waals surface area contributed by atoms with E-state index in [9.17, 15) is 0 Å². The Bertz CT molecular complexity index is 886. The summed E-state index contributed by atoms with van der Waals surface area (Å²) in [6.07, 6.45) is 4.57. The molecular weight excluding hydrogens is 387 g/mol. The molecule has 1 aromatic heterocycles. The highest BCUT2D eigenvalue weighted by Crippen LogP contribution is 2.25. The third kappa shape index (κ3) is 4.75. The van der Waals surface area contributed by atoms with Gasteiger partial charge in [0.05, 0.1) is 18.4 Å². The van der Waals surface area contributed by atoms with Crippen molar-refractivity contribution in [2.45, 2.75) is 19.9 Å². The predicted molar refractivity (Wildman–Crippen MR) is 113 cm³/mol. The van der Waals surface area contributed by atoms with E-state index in [0.29, 0.717) is 21.7 Å². The van der Waals surface area contributed by atoms with Crippen molar-refractivity contribution in [2.75, 3.05) is 10.6 Å². The molecule has 0 aliphatic rings. The van der Waals surface area contributed by atoms with Crippen LogP contribution in [0.25, 0.3) is 0 Å². The van der Waals surface area contributed by atoms with Crippen LogP contribution in [0.15, 0.2) is 54.9 Å². The van der Waals surface area contributed by atoms with Gasteiger partial charge in [-0.15, -0.1) is 0 Å². The number of rotatable bonds is 5. The van der Waals surface area contributed by atoms with Gasteiger partial charge in [0.25, 0.3) is 0 Å². The third-order valence-electron chi connectivity index (χ3n) is 3.89. The molecule has 7 heteroatoms. The molecule has 0 saturated heterocycles. The maximum Gasteiger partial charge on any atom is 0.175 e. The van der Waals surface area contributed by atoms with Crippen LogP contribution in [0.5, 0.6) is 0 Å². The Morgan fingerprint density at radius 3 is 2.35 bits per heavy atom. The van der Waals surface area contributed by atoms with Gasteiger partial charge >= 0.3 is 0 Å². The van der Waals surface area contributed by atoms with Gasteiger partial charge in [0.15, 0.2) is 5.11 Å². The Hall–Kier alpha value is -2.08. The van der Waals surface area contributed by atoms with Crippen LogP contribution >= 0.6 is 35.4 Å². The van der Waals surface area contributed by atoms with Gasteiger partial charge in [0, 0.05) is 27.5 Å². The molecule has 3 aromatic rings. The summed E-state index contributed by atoms with van der Waals surface area (Å²) < 4.78 is 1.76. The molecule has 1 heterocycles. The lowest BCUT2D eigenvalue weighted by Gasteiger charge is -2.09. The van der Waals surface area contributed by atoms with Crippen LogP contribution in [0.1, 0.15) is 18.1 Å². The van der Waals surface area contributed by atoms with Gasteiger partial charge in [-0.3, -0.25) is 4.68 Å². The van der Waals surface area contributed by atoms with E-state index < -0.39 is 0 Å². The maximum absolute atomic E-state index is 6.21. The summed E-state index contributed by atoms with van der Waals surface area (Å²) in [5.41, 5.74) is 3.85. The van der Waals surface area contributed by atoms with Gasteiger partial charge in [-0.2, -0.15) is 5.10 Å². The summed E-state index contributed by atoms with van der Waals surface area (Å²) in [7, 11) is 0. The lowest BCUT2D eigenvalue weighted by Crippen LogP contribution is -2.18. The van der Waals surface area contributed by atoms with E-state index in [0.717, 1.165) is 23.4 Å². The Balaban J connectivity index is 1.61. The number of aryl methyl sites for hydroxylation is 1. The second-order valence-corrected chi connectivity index (χ2v) is 6.98. The van der Waals surface area contributed by atoms with Gasteiger partial charge in [-0.25, -0.2) is 0 Å². The molecule has 3 rings (SSSR count). The fourth-order valence-corrected chi connectivity index (χ4v) is 3.23. The van der Waals surface area contributed by atoms with E-state index in [1.165, 1.54) is 5.56 Å². The number of halogens is 2. The highest BCUT2D eigenvalue weighted by Gasteiger charge is 2.08. The lowest BCUT2D eigenvalue weighted by molar-refractivity contribution is 0.687. The average Bonchev–Trinajstić information content (AvgIpc) is 3.06. The first kappa shape index (κ1) is 18.7. The van der Waals surface area contributed by atoms with E-state index in [4.69, 9.17) is 35.4 Å². The van der Waals surface area contributed by atoms with Gasteiger partial charge in [0.1, 0.15) is 0 Å². The van der Waals surface area contributed by atoms with E-state index in [2.05, 4.69) is 34.8 Å².